The van der Waals surface area contributed by atoms with Crippen molar-refractivity contribution in [2.24, 2.45) is 0 Å². The van der Waals surface area contributed by atoms with Gasteiger partial charge in [0.05, 0.1) is 0 Å². The van der Waals surface area contributed by atoms with Crippen LogP contribution in [0, 0.1) is 6.04 Å². The van der Waals surface area contributed by atoms with Crippen LogP contribution in [0.4, 0.5) is 4.79 Å². The average molecular weight is 164 g/mol. The first-order valence-corrected chi connectivity index (χ1v) is 2.79. The number of hydrogen-bond acceptors (Lipinski definition) is 3. The Morgan fingerprint density at radius 2 is 2.08 bits per heavy atom. The molecule has 0 aliphatic carbocycles. The van der Waals surface area contributed by atoms with Gasteiger partial charge in [-0.15, -0.1) is 0 Å². The van der Waals surface area contributed by atoms with Gasteiger partial charge in [0, 0.05) is 0 Å². The largest absolute Gasteiger partial charge is 1.00 e. The Morgan fingerprint density at radius 1 is 1.50 bits per heavy atom. The molecule has 7 heteroatoms. The third kappa shape index (κ3) is 2.49. The molecule has 0 bridgehead atoms. The van der Waals surface area contributed by atoms with Gasteiger partial charge in [-0.3, -0.25) is 19.7 Å². The number of amides is 3. The third-order valence-corrected chi connectivity index (χ3v) is 1.11. The Bertz CT molecular complexity index is 213. The molecule has 6 nitrogen and oxygen atoms in total. The van der Waals surface area contributed by atoms with Crippen molar-refractivity contribution in [3.63, 3.8) is 0 Å². The average Bonchev–Trinajstić information content (AvgIpc) is 1.85. The van der Waals surface area contributed by atoms with Gasteiger partial charge in [0.1, 0.15) is 0 Å². The first-order chi connectivity index (χ1) is 5.09. The maximum absolute atomic E-state index is 10.5. The quantitative estimate of drug-likeness (QED) is 0.270. The summed E-state index contributed by atoms with van der Waals surface area (Å²) in [7, 11) is 0. The standard InChI is InChI=1S/C5H5N2O4.Li/c8-3-1-2(4(9)10)6-5(11)7-3;/h1H2,(H,9,10)(H2,6,7,8,11);/q-1;+1. The van der Waals surface area contributed by atoms with Gasteiger partial charge in [0.15, 0.2) is 5.97 Å². The number of carboxylic acids is 1. The van der Waals surface area contributed by atoms with E-state index in [1.54, 1.807) is 0 Å². The molecule has 1 aliphatic heterocycles. The molecule has 0 unspecified atom stereocenters. The van der Waals surface area contributed by atoms with Gasteiger partial charge >= 0.3 is 18.9 Å². The molecule has 0 aromatic rings. The van der Waals surface area contributed by atoms with Crippen LogP contribution in [0.1, 0.15) is 6.42 Å². The number of rotatable bonds is 1. The molecular weight excluding hydrogens is 159 g/mol. The predicted molar refractivity (Wildman–Crippen MR) is 32.2 cm³/mol. The number of carbonyl (C=O) groups excluding carboxylic acids is 2. The monoisotopic (exact) mass is 164 g/mol. The Morgan fingerprint density at radius 3 is 2.50 bits per heavy atom. The van der Waals surface area contributed by atoms with Crippen molar-refractivity contribution < 1.29 is 38.4 Å². The van der Waals surface area contributed by atoms with E-state index in [-0.39, 0.29) is 31.3 Å². The fraction of sp³-hybridized carbons (Fsp3) is 0.200. The summed E-state index contributed by atoms with van der Waals surface area (Å²) in [5, 5.41) is 12.2. The van der Waals surface area contributed by atoms with Gasteiger partial charge in [-0.05, 0) is 0 Å². The number of urea groups is 1. The van der Waals surface area contributed by atoms with E-state index in [0.29, 0.717) is 0 Å². The molecule has 1 fully saturated rings. The number of carboxylic acid groups (broad SMARTS) is 1. The van der Waals surface area contributed by atoms with E-state index in [0.717, 1.165) is 0 Å². The van der Waals surface area contributed by atoms with E-state index in [1.165, 1.54) is 0 Å². The van der Waals surface area contributed by atoms with Crippen molar-refractivity contribution >= 4 is 17.9 Å². The molecule has 3 N–H and O–H groups in total. The van der Waals surface area contributed by atoms with Crippen molar-refractivity contribution in [2.75, 3.05) is 0 Å². The zero-order chi connectivity index (χ0) is 8.43. The fourth-order valence-electron chi connectivity index (χ4n) is 0.673. The van der Waals surface area contributed by atoms with E-state index >= 15 is 0 Å². The number of hydrogen-bond donors (Lipinski definition) is 3. The zero-order valence-electron chi connectivity index (χ0n) is 6.38. The Labute approximate surface area is 79.9 Å². The first kappa shape index (κ1) is 10.9. The van der Waals surface area contributed by atoms with Gasteiger partial charge in [-0.1, -0.05) is 6.42 Å². The summed E-state index contributed by atoms with van der Waals surface area (Å²) < 4.78 is 0. The van der Waals surface area contributed by atoms with Crippen molar-refractivity contribution in [3.8, 4) is 0 Å². The number of carbonyl (C=O) groups is 3. The summed E-state index contributed by atoms with van der Waals surface area (Å²) in [4.78, 5) is 31.2. The summed E-state index contributed by atoms with van der Waals surface area (Å²) in [6.45, 7) is 0. The molecule has 12 heavy (non-hydrogen) atoms. The molecule has 0 aromatic heterocycles. The van der Waals surface area contributed by atoms with Gasteiger partial charge in [-0.2, -0.15) is 6.04 Å². The molecule has 1 aliphatic rings. The van der Waals surface area contributed by atoms with Gasteiger partial charge in [0.25, 0.3) is 6.03 Å². The maximum Gasteiger partial charge on any atom is 1.00 e. The van der Waals surface area contributed by atoms with Crippen LogP contribution >= 0.6 is 0 Å². The summed E-state index contributed by atoms with van der Waals surface area (Å²) in [6, 6.07) is -1.09. The van der Waals surface area contributed by atoms with E-state index < -0.39 is 17.9 Å². The molecule has 1 rings (SSSR count). The molecule has 0 aromatic carbocycles. The number of nitrogens with one attached hydrogen (secondary N) is 2. The fourth-order valence-corrected chi connectivity index (χ4v) is 0.673. The van der Waals surface area contributed by atoms with Crippen LogP contribution in [-0.4, -0.2) is 23.0 Å². The minimum absolute atomic E-state index is 0. The topological polar surface area (TPSA) is 95.5 Å². The summed E-state index contributed by atoms with van der Waals surface area (Å²) in [5.41, 5.74) is 0. The second-order valence-corrected chi connectivity index (χ2v) is 1.96. The molecule has 0 radical (unpaired) electrons. The van der Waals surface area contributed by atoms with Crippen molar-refractivity contribution in [1.29, 1.82) is 0 Å². The van der Waals surface area contributed by atoms with Gasteiger partial charge in [-0.25, -0.2) is 0 Å². The Balaban J connectivity index is 0.00000121. The van der Waals surface area contributed by atoms with Crippen LogP contribution < -0.4 is 29.5 Å². The van der Waals surface area contributed by atoms with Crippen molar-refractivity contribution in [2.45, 2.75) is 6.42 Å². The summed E-state index contributed by atoms with van der Waals surface area (Å²) in [6.07, 6.45) is -0.291. The summed E-state index contributed by atoms with van der Waals surface area (Å²) in [5.74, 6) is -1.89. The molecule has 0 saturated carbocycles. The molecule has 60 valence electrons. The van der Waals surface area contributed by atoms with E-state index in [9.17, 15) is 14.4 Å². The Hall–Kier alpha value is -1.12. The maximum atomic E-state index is 10.5. The molecule has 1 heterocycles. The van der Waals surface area contributed by atoms with Crippen molar-refractivity contribution in [3.05, 3.63) is 6.04 Å². The second-order valence-electron chi connectivity index (χ2n) is 1.96. The molecule has 3 amide bonds. The first-order valence-electron chi connectivity index (χ1n) is 2.79. The summed E-state index contributed by atoms with van der Waals surface area (Å²) >= 11 is 0. The molecule has 0 atom stereocenters. The smallest absolute Gasteiger partial charge is 0.502 e. The predicted octanol–water partition coefficient (Wildman–Crippen LogP) is -4.16. The zero-order valence-corrected chi connectivity index (χ0v) is 6.38. The third-order valence-electron chi connectivity index (χ3n) is 1.11. The number of aliphatic carboxylic acids is 1. The van der Waals surface area contributed by atoms with Crippen LogP contribution in [-0.2, 0) is 9.59 Å². The van der Waals surface area contributed by atoms with E-state index in [4.69, 9.17) is 5.11 Å². The van der Waals surface area contributed by atoms with Gasteiger partial charge < -0.3 is 10.4 Å². The SMILES string of the molecule is O=C1C[C-](C(=O)O)NC(=O)N1.[Li+]. The Kier molecular flexibility index (Phi) is 3.66. The van der Waals surface area contributed by atoms with E-state index in [2.05, 4.69) is 0 Å². The van der Waals surface area contributed by atoms with Crippen LogP contribution in [0.15, 0.2) is 0 Å². The molecule has 1 saturated heterocycles. The van der Waals surface area contributed by atoms with E-state index in [1.807, 2.05) is 10.6 Å². The van der Waals surface area contributed by atoms with Crippen molar-refractivity contribution in [1.82, 2.24) is 10.6 Å². The van der Waals surface area contributed by atoms with Crippen LogP contribution in [0.3, 0.4) is 0 Å². The molecule has 0 spiro atoms. The van der Waals surface area contributed by atoms with Gasteiger partial charge in [0.2, 0.25) is 5.91 Å². The molecular formula is C5H5LiN2O4. The van der Waals surface area contributed by atoms with Crippen LogP contribution in [0.2, 0.25) is 0 Å². The minimum Gasteiger partial charge on any atom is -0.502 e. The number of imide groups is 1. The second kappa shape index (κ2) is 4.04. The normalized spacial score (nSPS) is 15.8. The van der Waals surface area contributed by atoms with Crippen LogP contribution in [0.5, 0.6) is 0 Å². The minimum atomic E-state index is -1.28. The van der Waals surface area contributed by atoms with Crippen LogP contribution in [0.25, 0.3) is 0 Å².